The summed E-state index contributed by atoms with van der Waals surface area (Å²) in [4.78, 5) is 2.38. The van der Waals surface area contributed by atoms with E-state index in [1.165, 1.54) is 19.6 Å². The average Bonchev–Trinajstić information content (AvgIpc) is 2.77. The zero-order chi connectivity index (χ0) is 8.69. The molecule has 2 nitrogen and oxygen atoms in total. The van der Waals surface area contributed by atoms with Crippen molar-refractivity contribution in [3.63, 3.8) is 0 Å². The number of hydrogen-bond donors (Lipinski definition) is 0. The largest absolute Gasteiger partial charge is 0.373 e. The van der Waals surface area contributed by atoms with Gasteiger partial charge in [-0.15, -0.1) is 0 Å². The van der Waals surface area contributed by atoms with Gasteiger partial charge in [0.05, 0.1) is 12.7 Å². The van der Waals surface area contributed by atoms with E-state index in [1.54, 1.807) is 0 Å². The molecular weight excluding hydrogens is 138 g/mol. The first-order valence-corrected chi connectivity index (χ1v) is 4.58. The fraction of sp³-hybridized carbons (Fsp3) is 1.00. The Balaban J connectivity index is 0.000000207. The third-order valence-electron chi connectivity index (χ3n) is 1.84. The van der Waals surface area contributed by atoms with Crippen LogP contribution in [-0.4, -0.2) is 37.2 Å². The molecule has 0 amide bonds. The Labute approximate surface area is 70.5 Å². The molecule has 1 aliphatic heterocycles. The molecule has 0 saturated carbocycles. The first-order chi connectivity index (χ1) is 5.24. The van der Waals surface area contributed by atoms with Gasteiger partial charge in [0.15, 0.2) is 0 Å². The van der Waals surface area contributed by atoms with Gasteiger partial charge in [0, 0.05) is 0 Å². The van der Waals surface area contributed by atoms with E-state index >= 15 is 0 Å². The van der Waals surface area contributed by atoms with Crippen molar-refractivity contribution in [2.45, 2.75) is 33.8 Å². The molecule has 1 atom stereocenters. The summed E-state index contributed by atoms with van der Waals surface area (Å²) in [5, 5.41) is 0. The van der Waals surface area contributed by atoms with Crippen molar-refractivity contribution in [2.24, 2.45) is 0 Å². The fourth-order valence-corrected chi connectivity index (χ4v) is 0.767. The van der Waals surface area contributed by atoms with E-state index in [0.717, 1.165) is 6.61 Å². The second kappa shape index (κ2) is 6.62. The molecule has 11 heavy (non-hydrogen) atoms. The maximum atomic E-state index is 4.71. The number of hydrogen-bond acceptors (Lipinski definition) is 2. The summed E-state index contributed by atoms with van der Waals surface area (Å²) < 4.78 is 4.71. The van der Waals surface area contributed by atoms with Crippen LogP contribution in [0.25, 0.3) is 0 Å². The topological polar surface area (TPSA) is 15.8 Å². The third kappa shape index (κ3) is 7.82. The zero-order valence-corrected chi connectivity index (χ0v) is 8.26. The minimum absolute atomic E-state index is 0.583. The van der Waals surface area contributed by atoms with Crippen molar-refractivity contribution in [2.75, 3.05) is 26.2 Å². The van der Waals surface area contributed by atoms with Crippen LogP contribution in [0.3, 0.4) is 0 Å². The Hall–Kier alpha value is -0.0800. The average molecular weight is 159 g/mol. The molecule has 0 bridgehead atoms. The standard InChI is InChI=1S/C6H15N.C3H6O/c1-4-7(5-2)6-3;1-3-2-4-3/h4-6H2,1-3H3;3H,2H2,1H3. The highest BCUT2D eigenvalue weighted by molar-refractivity contribution is 4.58. The minimum atomic E-state index is 0.583. The first kappa shape index (κ1) is 10.9. The van der Waals surface area contributed by atoms with Crippen LogP contribution >= 0.6 is 0 Å². The molecule has 1 rings (SSSR count). The van der Waals surface area contributed by atoms with Gasteiger partial charge in [-0.2, -0.15) is 0 Å². The van der Waals surface area contributed by atoms with Crippen molar-refractivity contribution in [3.8, 4) is 0 Å². The van der Waals surface area contributed by atoms with Crippen LogP contribution in [0.1, 0.15) is 27.7 Å². The lowest BCUT2D eigenvalue weighted by Crippen LogP contribution is -2.21. The Morgan fingerprint density at radius 3 is 1.45 bits per heavy atom. The zero-order valence-electron chi connectivity index (χ0n) is 8.26. The summed E-state index contributed by atoms with van der Waals surface area (Å²) in [5.74, 6) is 0. The Morgan fingerprint density at radius 1 is 1.18 bits per heavy atom. The van der Waals surface area contributed by atoms with Gasteiger partial charge in [-0.05, 0) is 26.6 Å². The summed E-state index contributed by atoms with van der Waals surface area (Å²) in [7, 11) is 0. The molecular formula is C9H21NO. The van der Waals surface area contributed by atoms with Crippen LogP contribution in [0.2, 0.25) is 0 Å². The molecule has 1 unspecified atom stereocenters. The Morgan fingerprint density at radius 2 is 1.45 bits per heavy atom. The SMILES string of the molecule is CC1CO1.CCN(CC)CC. The highest BCUT2D eigenvalue weighted by Crippen LogP contribution is 2.04. The molecule has 0 aliphatic carbocycles. The van der Waals surface area contributed by atoms with E-state index in [1.807, 2.05) is 0 Å². The van der Waals surface area contributed by atoms with Crippen LogP contribution in [0, 0.1) is 0 Å². The van der Waals surface area contributed by atoms with Crippen LogP contribution in [-0.2, 0) is 4.74 Å². The highest BCUT2D eigenvalue weighted by atomic mass is 16.6. The summed E-state index contributed by atoms with van der Waals surface area (Å²) >= 11 is 0. The molecule has 0 N–H and O–H groups in total. The molecule has 1 heterocycles. The second-order valence-electron chi connectivity index (χ2n) is 2.76. The van der Waals surface area contributed by atoms with E-state index in [2.05, 4.69) is 32.6 Å². The van der Waals surface area contributed by atoms with Crippen LogP contribution in [0.4, 0.5) is 0 Å². The summed E-state index contributed by atoms with van der Waals surface area (Å²) in [6.45, 7) is 13.2. The third-order valence-corrected chi connectivity index (χ3v) is 1.84. The van der Waals surface area contributed by atoms with Crippen LogP contribution in [0.15, 0.2) is 0 Å². The maximum absolute atomic E-state index is 4.71. The molecule has 68 valence electrons. The molecule has 2 heteroatoms. The molecule has 1 fully saturated rings. The lowest BCUT2D eigenvalue weighted by atomic mass is 10.5. The van der Waals surface area contributed by atoms with Gasteiger partial charge in [-0.25, -0.2) is 0 Å². The smallest absolute Gasteiger partial charge is 0.0781 e. The van der Waals surface area contributed by atoms with E-state index in [4.69, 9.17) is 4.74 Å². The van der Waals surface area contributed by atoms with Crippen molar-refractivity contribution in [3.05, 3.63) is 0 Å². The predicted molar refractivity (Wildman–Crippen MR) is 48.9 cm³/mol. The Bertz CT molecular complexity index is 72.1. The van der Waals surface area contributed by atoms with Crippen molar-refractivity contribution >= 4 is 0 Å². The number of rotatable bonds is 3. The molecule has 1 aliphatic rings. The number of ether oxygens (including phenoxy) is 1. The Kier molecular flexibility index (Phi) is 6.57. The fourth-order valence-electron chi connectivity index (χ4n) is 0.767. The molecule has 0 aromatic rings. The van der Waals surface area contributed by atoms with Gasteiger partial charge in [0.2, 0.25) is 0 Å². The highest BCUT2D eigenvalue weighted by Gasteiger charge is 2.13. The van der Waals surface area contributed by atoms with Gasteiger partial charge in [-0.1, -0.05) is 20.8 Å². The quantitative estimate of drug-likeness (QED) is 0.583. The molecule has 0 spiro atoms. The molecule has 1 saturated heterocycles. The second-order valence-corrected chi connectivity index (χ2v) is 2.76. The van der Waals surface area contributed by atoms with E-state index in [0.29, 0.717) is 6.10 Å². The number of epoxide rings is 1. The summed E-state index contributed by atoms with van der Waals surface area (Å²) in [6.07, 6.45) is 0.583. The lowest BCUT2D eigenvalue weighted by molar-refractivity contribution is 0.321. The molecule has 0 aromatic heterocycles. The van der Waals surface area contributed by atoms with E-state index < -0.39 is 0 Å². The van der Waals surface area contributed by atoms with Crippen LogP contribution < -0.4 is 0 Å². The minimum Gasteiger partial charge on any atom is -0.373 e. The van der Waals surface area contributed by atoms with Crippen molar-refractivity contribution < 1.29 is 4.74 Å². The maximum Gasteiger partial charge on any atom is 0.0781 e. The van der Waals surface area contributed by atoms with Crippen molar-refractivity contribution in [1.29, 1.82) is 0 Å². The normalized spacial score (nSPS) is 21.0. The summed E-state index contributed by atoms with van der Waals surface area (Å²) in [5.41, 5.74) is 0. The first-order valence-electron chi connectivity index (χ1n) is 4.58. The van der Waals surface area contributed by atoms with E-state index in [-0.39, 0.29) is 0 Å². The summed E-state index contributed by atoms with van der Waals surface area (Å²) in [6, 6.07) is 0. The predicted octanol–water partition coefficient (Wildman–Crippen LogP) is 1.75. The van der Waals surface area contributed by atoms with Gasteiger partial charge < -0.3 is 9.64 Å². The van der Waals surface area contributed by atoms with Gasteiger partial charge in [0.1, 0.15) is 0 Å². The lowest BCUT2D eigenvalue weighted by Gasteiger charge is -2.13. The molecule has 0 aromatic carbocycles. The van der Waals surface area contributed by atoms with Crippen molar-refractivity contribution in [1.82, 2.24) is 4.90 Å². The molecule has 0 radical (unpaired) electrons. The van der Waals surface area contributed by atoms with Gasteiger partial charge >= 0.3 is 0 Å². The van der Waals surface area contributed by atoms with Gasteiger partial charge in [-0.3, -0.25) is 0 Å². The number of nitrogens with zero attached hydrogens (tertiary/aromatic N) is 1. The van der Waals surface area contributed by atoms with Crippen LogP contribution in [0.5, 0.6) is 0 Å². The van der Waals surface area contributed by atoms with E-state index in [9.17, 15) is 0 Å². The van der Waals surface area contributed by atoms with Gasteiger partial charge in [0.25, 0.3) is 0 Å². The monoisotopic (exact) mass is 159 g/mol.